The molecule has 0 N–H and O–H groups in total. The highest BCUT2D eigenvalue weighted by molar-refractivity contribution is 5.81. The Morgan fingerprint density at radius 3 is 2.60 bits per heavy atom. The molecule has 0 fully saturated rings. The van der Waals surface area contributed by atoms with Gasteiger partial charge in [0.2, 0.25) is 0 Å². The summed E-state index contributed by atoms with van der Waals surface area (Å²) in [6, 6.07) is 0. The SMILES string of the molecule is CCC(CC)C(=O)CCc1nccn1C. The summed E-state index contributed by atoms with van der Waals surface area (Å²) in [6.45, 7) is 4.15. The zero-order chi connectivity index (χ0) is 11.3. The van der Waals surface area contributed by atoms with Gasteiger partial charge in [-0.2, -0.15) is 0 Å². The molecule has 0 saturated carbocycles. The van der Waals surface area contributed by atoms with Crippen molar-refractivity contribution in [2.45, 2.75) is 39.5 Å². The van der Waals surface area contributed by atoms with Crippen LogP contribution < -0.4 is 0 Å². The Hall–Kier alpha value is -1.12. The summed E-state index contributed by atoms with van der Waals surface area (Å²) in [4.78, 5) is 16.0. The van der Waals surface area contributed by atoms with Gasteiger partial charge in [0.1, 0.15) is 11.6 Å². The third kappa shape index (κ3) is 3.18. The van der Waals surface area contributed by atoms with Crippen LogP contribution in [0.4, 0.5) is 0 Å². The molecule has 0 aliphatic heterocycles. The maximum atomic E-state index is 11.8. The van der Waals surface area contributed by atoms with Gasteiger partial charge < -0.3 is 4.57 Å². The molecule has 1 rings (SSSR count). The third-order valence-corrected chi connectivity index (χ3v) is 2.96. The average molecular weight is 208 g/mol. The molecule has 0 saturated heterocycles. The summed E-state index contributed by atoms with van der Waals surface area (Å²) >= 11 is 0. The second-order valence-electron chi connectivity index (χ2n) is 3.93. The molecule has 0 aromatic carbocycles. The minimum atomic E-state index is 0.241. The fourth-order valence-electron chi connectivity index (χ4n) is 1.82. The Kier molecular flexibility index (Phi) is 4.53. The van der Waals surface area contributed by atoms with Gasteiger partial charge in [-0.05, 0) is 12.8 Å². The predicted octanol–water partition coefficient (Wildman–Crippen LogP) is 2.36. The molecular weight excluding hydrogens is 188 g/mol. The van der Waals surface area contributed by atoms with Crippen LogP contribution in [0.3, 0.4) is 0 Å². The van der Waals surface area contributed by atoms with Crippen molar-refractivity contribution < 1.29 is 4.79 Å². The Morgan fingerprint density at radius 2 is 2.13 bits per heavy atom. The molecular formula is C12H20N2O. The van der Waals surface area contributed by atoms with Gasteiger partial charge in [0, 0.05) is 38.2 Å². The fourth-order valence-corrected chi connectivity index (χ4v) is 1.82. The molecule has 0 radical (unpaired) electrons. The van der Waals surface area contributed by atoms with E-state index in [1.807, 2.05) is 17.8 Å². The van der Waals surface area contributed by atoms with Gasteiger partial charge in [0.25, 0.3) is 0 Å². The second-order valence-corrected chi connectivity index (χ2v) is 3.93. The highest BCUT2D eigenvalue weighted by Gasteiger charge is 2.14. The maximum absolute atomic E-state index is 11.8. The van der Waals surface area contributed by atoms with Crippen LogP contribution in [0.2, 0.25) is 0 Å². The first-order valence-electron chi connectivity index (χ1n) is 5.67. The normalized spacial score (nSPS) is 10.9. The van der Waals surface area contributed by atoms with Crippen molar-refractivity contribution in [1.29, 1.82) is 0 Å². The molecule has 84 valence electrons. The molecule has 1 aromatic heterocycles. The summed E-state index contributed by atoms with van der Waals surface area (Å²) in [5.41, 5.74) is 0. The molecule has 3 nitrogen and oxygen atoms in total. The van der Waals surface area contributed by atoms with Crippen molar-refractivity contribution in [3.8, 4) is 0 Å². The summed E-state index contributed by atoms with van der Waals surface area (Å²) < 4.78 is 1.97. The Bertz CT molecular complexity index is 313. The number of ketones is 1. The van der Waals surface area contributed by atoms with E-state index < -0.39 is 0 Å². The van der Waals surface area contributed by atoms with E-state index in [1.165, 1.54) is 0 Å². The van der Waals surface area contributed by atoms with Crippen LogP contribution in [0.5, 0.6) is 0 Å². The molecule has 15 heavy (non-hydrogen) atoms. The highest BCUT2D eigenvalue weighted by Crippen LogP contribution is 2.12. The first-order valence-corrected chi connectivity index (χ1v) is 5.67. The maximum Gasteiger partial charge on any atom is 0.136 e. The topological polar surface area (TPSA) is 34.9 Å². The molecule has 0 bridgehead atoms. The van der Waals surface area contributed by atoms with E-state index in [-0.39, 0.29) is 5.92 Å². The first kappa shape index (κ1) is 12.0. The van der Waals surface area contributed by atoms with Gasteiger partial charge in [-0.15, -0.1) is 0 Å². The number of carbonyl (C=O) groups excluding carboxylic acids is 1. The van der Waals surface area contributed by atoms with Gasteiger partial charge >= 0.3 is 0 Å². The van der Waals surface area contributed by atoms with Crippen LogP contribution in [0, 0.1) is 5.92 Å². The third-order valence-electron chi connectivity index (χ3n) is 2.96. The number of imidazole rings is 1. The van der Waals surface area contributed by atoms with Crippen LogP contribution in [-0.4, -0.2) is 15.3 Å². The van der Waals surface area contributed by atoms with Crippen molar-refractivity contribution in [3.63, 3.8) is 0 Å². The molecule has 1 heterocycles. The quantitative estimate of drug-likeness (QED) is 0.719. The molecule has 0 aliphatic carbocycles. The first-order chi connectivity index (χ1) is 7.19. The van der Waals surface area contributed by atoms with Gasteiger partial charge in [-0.3, -0.25) is 4.79 Å². The van der Waals surface area contributed by atoms with E-state index in [1.54, 1.807) is 6.20 Å². The van der Waals surface area contributed by atoms with Crippen LogP contribution >= 0.6 is 0 Å². The lowest BCUT2D eigenvalue weighted by Crippen LogP contribution is -2.14. The second kappa shape index (κ2) is 5.69. The molecule has 3 heteroatoms. The van der Waals surface area contributed by atoms with Crippen molar-refractivity contribution in [2.24, 2.45) is 13.0 Å². The zero-order valence-corrected chi connectivity index (χ0v) is 9.86. The van der Waals surface area contributed by atoms with E-state index in [2.05, 4.69) is 18.8 Å². The molecule has 0 spiro atoms. The van der Waals surface area contributed by atoms with E-state index >= 15 is 0 Å². The minimum absolute atomic E-state index is 0.241. The number of rotatable bonds is 6. The number of aryl methyl sites for hydroxylation is 2. The van der Waals surface area contributed by atoms with Crippen molar-refractivity contribution in [2.75, 3.05) is 0 Å². The minimum Gasteiger partial charge on any atom is -0.338 e. The number of carbonyl (C=O) groups is 1. The highest BCUT2D eigenvalue weighted by atomic mass is 16.1. The van der Waals surface area contributed by atoms with Gasteiger partial charge in [0.05, 0.1) is 0 Å². The summed E-state index contributed by atoms with van der Waals surface area (Å²) in [7, 11) is 1.96. The molecule has 0 aliphatic rings. The summed E-state index contributed by atoms with van der Waals surface area (Å²) in [6.07, 6.45) is 6.98. The van der Waals surface area contributed by atoms with Crippen LogP contribution in [0.1, 0.15) is 38.9 Å². The van der Waals surface area contributed by atoms with Crippen LogP contribution in [0.25, 0.3) is 0 Å². The monoisotopic (exact) mass is 208 g/mol. The Balaban J connectivity index is 2.43. The number of hydrogen-bond acceptors (Lipinski definition) is 2. The van der Waals surface area contributed by atoms with Crippen molar-refractivity contribution in [3.05, 3.63) is 18.2 Å². The molecule has 1 aromatic rings. The number of aromatic nitrogens is 2. The number of nitrogens with zero attached hydrogens (tertiary/aromatic N) is 2. The van der Waals surface area contributed by atoms with E-state index in [0.29, 0.717) is 12.2 Å². The summed E-state index contributed by atoms with van der Waals surface area (Å²) in [5.74, 6) is 1.61. The number of Topliss-reactive ketones (excluding diaryl/α,β-unsaturated/α-hetero) is 1. The van der Waals surface area contributed by atoms with E-state index in [4.69, 9.17) is 0 Å². The lowest BCUT2D eigenvalue weighted by atomic mass is 9.95. The Morgan fingerprint density at radius 1 is 1.47 bits per heavy atom. The standard InChI is InChI=1S/C12H20N2O/c1-4-10(5-2)11(15)6-7-12-13-8-9-14(12)3/h8-10H,4-7H2,1-3H3. The van der Waals surface area contributed by atoms with Crippen molar-refractivity contribution >= 4 is 5.78 Å². The zero-order valence-electron chi connectivity index (χ0n) is 9.86. The molecule has 0 atom stereocenters. The average Bonchev–Trinajstić information content (AvgIpc) is 2.63. The molecule has 0 unspecified atom stereocenters. The predicted molar refractivity (Wildman–Crippen MR) is 60.6 cm³/mol. The van der Waals surface area contributed by atoms with Crippen LogP contribution in [0.15, 0.2) is 12.4 Å². The summed E-state index contributed by atoms with van der Waals surface area (Å²) in [5, 5.41) is 0. The van der Waals surface area contributed by atoms with Crippen molar-refractivity contribution in [1.82, 2.24) is 9.55 Å². The number of hydrogen-bond donors (Lipinski definition) is 0. The van der Waals surface area contributed by atoms with Gasteiger partial charge in [-0.1, -0.05) is 13.8 Å². The van der Waals surface area contributed by atoms with E-state index in [0.717, 1.165) is 25.1 Å². The largest absolute Gasteiger partial charge is 0.338 e. The molecule has 0 amide bonds. The Labute approximate surface area is 91.5 Å². The van der Waals surface area contributed by atoms with Gasteiger partial charge in [0.15, 0.2) is 0 Å². The van der Waals surface area contributed by atoms with Gasteiger partial charge in [-0.25, -0.2) is 4.98 Å². The fraction of sp³-hybridized carbons (Fsp3) is 0.667. The smallest absolute Gasteiger partial charge is 0.136 e. The van der Waals surface area contributed by atoms with E-state index in [9.17, 15) is 4.79 Å². The lowest BCUT2D eigenvalue weighted by Gasteiger charge is -2.10. The lowest BCUT2D eigenvalue weighted by molar-refractivity contribution is -0.123. The van der Waals surface area contributed by atoms with Crippen LogP contribution in [-0.2, 0) is 18.3 Å².